The van der Waals surface area contributed by atoms with E-state index in [1.165, 1.54) is 0 Å². The predicted octanol–water partition coefficient (Wildman–Crippen LogP) is 3.97. The van der Waals surface area contributed by atoms with Gasteiger partial charge in [0.05, 0.1) is 11.0 Å². The number of likely N-dealkylation sites (tertiary alicyclic amines) is 1. The van der Waals surface area contributed by atoms with Gasteiger partial charge in [0, 0.05) is 37.3 Å². The van der Waals surface area contributed by atoms with Gasteiger partial charge < -0.3 is 14.4 Å². The van der Waals surface area contributed by atoms with E-state index in [0.717, 1.165) is 49.2 Å². The van der Waals surface area contributed by atoms with Gasteiger partial charge in [0.25, 0.3) is 0 Å². The van der Waals surface area contributed by atoms with Gasteiger partial charge in [-0.2, -0.15) is 4.98 Å². The van der Waals surface area contributed by atoms with Crippen LogP contribution in [0.25, 0.3) is 11.0 Å². The number of imidazole rings is 1. The topological polar surface area (TPSA) is 87.9 Å². The van der Waals surface area contributed by atoms with Crippen molar-refractivity contribution in [1.29, 1.82) is 0 Å². The summed E-state index contributed by atoms with van der Waals surface area (Å²) in [6.45, 7) is 7.74. The molecule has 3 aromatic rings. The lowest BCUT2D eigenvalue weighted by Gasteiger charge is -2.31. The first-order chi connectivity index (χ1) is 13.9. The molecule has 4 rings (SSSR count). The summed E-state index contributed by atoms with van der Waals surface area (Å²) in [6.07, 6.45) is 3.79. The largest absolute Gasteiger partial charge is 0.343 e. The van der Waals surface area contributed by atoms with E-state index in [-0.39, 0.29) is 11.3 Å². The summed E-state index contributed by atoms with van der Waals surface area (Å²) in [5.74, 6) is 2.98. The Hall–Kier alpha value is -2.70. The zero-order valence-electron chi connectivity index (χ0n) is 17.4. The molecule has 1 fully saturated rings. The summed E-state index contributed by atoms with van der Waals surface area (Å²) in [4.78, 5) is 27.2. The van der Waals surface area contributed by atoms with E-state index in [0.29, 0.717) is 30.5 Å². The summed E-state index contributed by atoms with van der Waals surface area (Å²) in [5, 5.41) is 4.04. The lowest BCUT2D eigenvalue weighted by Crippen LogP contribution is -2.38. The Morgan fingerprint density at radius 3 is 2.66 bits per heavy atom. The number of fused-ring (bicyclic) bond motifs is 1. The molecule has 0 saturated carbocycles. The Labute approximate surface area is 170 Å². The number of H-pyrrole nitrogens is 1. The maximum absolute atomic E-state index is 12.6. The van der Waals surface area contributed by atoms with Gasteiger partial charge in [-0.05, 0) is 31.4 Å². The molecule has 1 N–H and O–H groups in total. The number of para-hydroxylation sites is 2. The van der Waals surface area contributed by atoms with Gasteiger partial charge >= 0.3 is 0 Å². The Morgan fingerprint density at radius 2 is 1.97 bits per heavy atom. The number of benzene rings is 1. The number of nitrogens with one attached hydrogen (secondary N) is 1. The second-order valence-corrected chi connectivity index (χ2v) is 8.91. The molecule has 2 aromatic heterocycles. The molecule has 0 radical (unpaired) electrons. The zero-order valence-corrected chi connectivity index (χ0v) is 17.4. The molecule has 0 aliphatic carbocycles. The first-order valence-corrected chi connectivity index (χ1v) is 10.5. The fourth-order valence-corrected chi connectivity index (χ4v) is 3.78. The number of carbonyl (C=O) groups excluding carboxylic acids is 1. The van der Waals surface area contributed by atoms with Gasteiger partial charge in [-0.1, -0.05) is 38.1 Å². The fourth-order valence-electron chi connectivity index (χ4n) is 3.78. The standard InChI is InChI=1S/C22H29N5O2/c1-22(2,3)21-25-18(29-26-21)9-6-10-19(28)27-13-11-15(12-14-27)20-23-16-7-4-5-8-17(16)24-20/h4-5,7-8,15H,6,9-14H2,1-3H3,(H,23,24). The van der Waals surface area contributed by atoms with Crippen LogP contribution in [0.1, 0.15) is 69.9 Å². The van der Waals surface area contributed by atoms with E-state index >= 15 is 0 Å². The summed E-state index contributed by atoms with van der Waals surface area (Å²) >= 11 is 0. The summed E-state index contributed by atoms with van der Waals surface area (Å²) < 4.78 is 5.31. The number of nitrogens with zero attached hydrogens (tertiary/aromatic N) is 4. The van der Waals surface area contributed by atoms with Crippen LogP contribution in [-0.4, -0.2) is 44.0 Å². The van der Waals surface area contributed by atoms with Crippen molar-refractivity contribution < 1.29 is 9.32 Å². The highest BCUT2D eigenvalue weighted by Gasteiger charge is 2.26. The molecule has 0 atom stereocenters. The molecule has 0 unspecified atom stereocenters. The van der Waals surface area contributed by atoms with E-state index in [1.807, 2.05) is 23.1 Å². The number of rotatable bonds is 5. The Morgan fingerprint density at radius 1 is 1.21 bits per heavy atom. The third-order valence-corrected chi connectivity index (χ3v) is 5.56. The Kier molecular flexibility index (Phi) is 5.39. The van der Waals surface area contributed by atoms with E-state index in [2.05, 4.69) is 42.0 Å². The minimum atomic E-state index is -0.123. The molecule has 1 aliphatic heterocycles. The van der Waals surface area contributed by atoms with Crippen molar-refractivity contribution in [3.63, 3.8) is 0 Å². The molecule has 0 spiro atoms. The quantitative estimate of drug-likeness (QED) is 0.706. The van der Waals surface area contributed by atoms with Crippen molar-refractivity contribution >= 4 is 16.9 Å². The van der Waals surface area contributed by atoms with E-state index in [4.69, 9.17) is 9.51 Å². The Balaban J connectivity index is 1.24. The highest BCUT2D eigenvalue weighted by molar-refractivity contribution is 5.76. The van der Waals surface area contributed by atoms with Crippen LogP contribution in [0.15, 0.2) is 28.8 Å². The molecular formula is C22H29N5O2. The van der Waals surface area contributed by atoms with E-state index in [9.17, 15) is 4.79 Å². The average molecular weight is 396 g/mol. The second-order valence-electron chi connectivity index (χ2n) is 8.91. The third-order valence-electron chi connectivity index (χ3n) is 5.56. The van der Waals surface area contributed by atoms with E-state index in [1.54, 1.807) is 0 Å². The van der Waals surface area contributed by atoms with Gasteiger partial charge in [0.2, 0.25) is 11.8 Å². The molecular weight excluding hydrogens is 366 g/mol. The lowest BCUT2D eigenvalue weighted by atomic mass is 9.96. The van der Waals surface area contributed by atoms with Gasteiger partial charge in [-0.3, -0.25) is 4.79 Å². The van der Waals surface area contributed by atoms with Crippen LogP contribution in [0, 0.1) is 0 Å². The van der Waals surface area contributed by atoms with Gasteiger partial charge in [0.1, 0.15) is 5.82 Å². The molecule has 1 amide bonds. The molecule has 154 valence electrons. The molecule has 29 heavy (non-hydrogen) atoms. The number of piperidine rings is 1. The monoisotopic (exact) mass is 395 g/mol. The van der Waals surface area contributed by atoms with Crippen molar-refractivity contribution in [2.45, 2.75) is 64.2 Å². The molecule has 0 bridgehead atoms. The van der Waals surface area contributed by atoms with Crippen LogP contribution in [0.5, 0.6) is 0 Å². The van der Waals surface area contributed by atoms with Crippen LogP contribution in [-0.2, 0) is 16.6 Å². The predicted molar refractivity (Wildman–Crippen MR) is 111 cm³/mol. The molecule has 3 heterocycles. The zero-order chi connectivity index (χ0) is 20.4. The summed E-state index contributed by atoms with van der Waals surface area (Å²) in [6, 6.07) is 8.11. The summed E-state index contributed by atoms with van der Waals surface area (Å²) in [7, 11) is 0. The molecule has 7 nitrogen and oxygen atoms in total. The van der Waals surface area contributed by atoms with Crippen LogP contribution in [0.3, 0.4) is 0 Å². The number of hydrogen-bond acceptors (Lipinski definition) is 5. The highest BCUT2D eigenvalue weighted by Crippen LogP contribution is 2.28. The average Bonchev–Trinajstić information content (AvgIpc) is 3.35. The van der Waals surface area contributed by atoms with Crippen molar-refractivity contribution in [2.24, 2.45) is 0 Å². The number of hydrogen-bond donors (Lipinski definition) is 1. The number of aromatic amines is 1. The Bertz CT molecular complexity index is 943. The fraction of sp³-hybridized carbons (Fsp3) is 0.545. The maximum atomic E-state index is 12.6. The molecule has 7 heteroatoms. The van der Waals surface area contributed by atoms with Crippen molar-refractivity contribution in [2.75, 3.05) is 13.1 Å². The van der Waals surface area contributed by atoms with Gasteiger partial charge in [-0.15, -0.1) is 0 Å². The first kappa shape index (κ1) is 19.6. The van der Waals surface area contributed by atoms with Crippen LogP contribution in [0.2, 0.25) is 0 Å². The van der Waals surface area contributed by atoms with Crippen molar-refractivity contribution in [3.8, 4) is 0 Å². The number of aromatic nitrogens is 4. The van der Waals surface area contributed by atoms with Crippen molar-refractivity contribution in [3.05, 3.63) is 41.8 Å². The normalized spacial score (nSPS) is 15.9. The first-order valence-electron chi connectivity index (χ1n) is 10.5. The minimum Gasteiger partial charge on any atom is -0.343 e. The summed E-state index contributed by atoms with van der Waals surface area (Å²) in [5.41, 5.74) is 1.97. The van der Waals surface area contributed by atoms with Gasteiger partial charge in [0.15, 0.2) is 5.82 Å². The van der Waals surface area contributed by atoms with Crippen LogP contribution >= 0.6 is 0 Å². The molecule has 1 saturated heterocycles. The van der Waals surface area contributed by atoms with Gasteiger partial charge in [-0.25, -0.2) is 4.98 Å². The van der Waals surface area contributed by atoms with Crippen molar-refractivity contribution in [1.82, 2.24) is 25.0 Å². The van der Waals surface area contributed by atoms with Crippen LogP contribution in [0.4, 0.5) is 0 Å². The molecule has 1 aromatic carbocycles. The third kappa shape index (κ3) is 4.49. The SMILES string of the molecule is CC(C)(C)c1noc(CCCC(=O)N2CCC(c3nc4ccccc4[nH]3)CC2)n1. The number of amides is 1. The van der Waals surface area contributed by atoms with Crippen LogP contribution < -0.4 is 0 Å². The number of carbonyl (C=O) groups is 1. The highest BCUT2D eigenvalue weighted by atomic mass is 16.5. The maximum Gasteiger partial charge on any atom is 0.226 e. The second kappa shape index (κ2) is 7.97. The smallest absolute Gasteiger partial charge is 0.226 e. The van der Waals surface area contributed by atoms with E-state index < -0.39 is 0 Å². The minimum absolute atomic E-state index is 0.123. The number of aryl methyl sites for hydroxylation is 1. The molecule has 1 aliphatic rings. The lowest BCUT2D eigenvalue weighted by molar-refractivity contribution is -0.132.